The van der Waals surface area contributed by atoms with Crippen LogP contribution >= 0.6 is 11.6 Å². The van der Waals surface area contributed by atoms with Crippen molar-refractivity contribution in [3.05, 3.63) is 29.0 Å². The monoisotopic (exact) mass is 308 g/mol. The molecule has 0 radical (unpaired) electrons. The lowest BCUT2D eigenvalue weighted by Crippen LogP contribution is -2.50. The third kappa shape index (κ3) is 3.38. The molecule has 1 heterocycles. The lowest BCUT2D eigenvalue weighted by molar-refractivity contribution is -0.144. The normalized spacial score (nSPS) is 31.9. The van der Waals surface area contributed by atoms with Gasteiger partial charge in [-0.1, -0.05) is 11.6 Å². The predicted molar refractivity (Wildman–Crippen MR) is 81.1 cm³/mol. The van der Waals surface area contributed by atoms with E-state index in [-0.39, 0.29) is 5.92 Å². The Morgan fingerprint density at radius 3 is 2.67 bits per heavy atom. The van der Waals surface area contributed by atoms with E-state index in [2.05, 4.69) is 10.3 Å². The van der Waals surface area contributed by atoms with Crippen molar-refractivity contribution in [2.45, 2.75) is 51.1 Å². The standard InChI is InChI=1S/C16H21ClN2O2/c17-12-1-2-13(18-9-12)10-19-14-7-16(8-14)5-3-11(4-6-16)15(20)21/h1-2,9,11,14,19H,3-8,10H2,(H,20,21). The second-order valence-corrected chi connectivity index (χ2v) is 7.00. The first-order valence-corrected chi connectivity index (χ1v) is 8.01. The molecule has 0 aliphatic heterocycles. The number of pyridine rings is 1. The number of hydrogen-bond donors (Lipinski definition) is 2. The maximum Gasteiger partial charge on any atom is 0.306 e. The fraction of sp³-hybridized carbons (Fsp3) is 0.625. The number of carbonyl (C=O) groups is 1. The van der Waals surface area contributed by atoms with E-state index in [1.807, 2.05) is 12.1 Å². The summed E-state index contributed by atoms with van der Waals surface area (Å²) in [4.78, 5) is 15.3. The van der Waals surface area contributed by atoms with Crippen molar-refractivity contribution in [2.75, 3.05) is 0 Å². The molecule has 1 spiro atoms. The Kier molecular flexibility index (Phi) is 4.18. The van der Waals surface area contributed by atoms with E-state index in [1.54, 1.807) is 6.20 Å². The molecule has 0 bridgehead atoms. The van der Waals surface area contributed by atoms with Crippen LogP contribution in [0.4, 0.5) is 0 Å². The van der Waals surface area contributed by atoms with Crippen LogP contribution in [0.15, 0.2) is 18.3 Å². The molecule has 0 atom stereocenters. The van der Waals surface area contributed by atoms with Gasteiger partial charge < -0.3 is 10.4 Å². The van der Waals surface area contributed by atoms with Gasteiger partial charge in [0, 0.05) is 18.8 Å². The molecule has 0 aromatic carbocycles. The fourth-order valence-corrected chi connectivity index (χ4v) is 3.89. The number of nitrogens with one attached hydrogen (secondary N) is 1. The van der Waals surface area contributed by atoms with Crippen LogP contribution in [-0.2, 0) is 11.3 Å². The van der Waals surface area contributed by atoms with Gasteiger partial charge in [-0.3, -0.25) is 9.78 Å². The minimum absolute atomic E-state index is 0.110. The van der Waals surface area contributed by atoms with Crippen molar-refractivity contribution in [3.63, 3.8) is 0 Å². The van der Waals surface area contributed by atoms with Crippen molar-refractivity contribution in [1.29, 1.82) is 0 Å². The van der Waals surface area contributed by atoms with E-state index in [1.165, 1.54) is 12.8 Å². The van der Waals surface area contributed by atoms with Crippen LogP contribution in [0.5, 0.6) is 0 Å². The number of rotatable bonds is 4. The van der Waals surface area contributed by atoms with Crippen molar-refractivity contribution in [3.8, 4) is 0 Å². The Labute approximate surface area is 129 Å². The number of nitrogens with zero attached hydrogens (tertiary/aromatic N) is 1. The van der Waals surface area contributed by atoms with Crippen molar-refractivity contribution < 1.29 is 9.90 Å². The molecule has 4 nitrogen and oxygen atoms in total. The Bertz CT molecular complexity index is 502. The Balaban J connectivity index is 1.42. The summed E-state index contributed by atoms with van der Waals surface area (Å²) in [7, 11) is 0. The van der Waals surface area contributed by atoms with Gasteiger partial charge in [-0.2, -0.15) is 0 Å². The maximum atomic E-state index is 11.0. The summed E-state index contributed by atoms with van der Waals surface area (Å²) in [5.41, 5.74) is 1.42. The molecule has 21 heavy (non-hydrogen) atoms. The van der Waals surface area contributed by atoms with Crippen LogP contribution in [0.25, 0.3) is 0 Å². The minimum Gasteiger partial charge on any atom is -0.481 e. The molecule has 2 aliphatic rings. The van der Waals surface area contributed by atoms with Crippen LogP contribution in [0, 0.1) is 11.3 Å². The Hall–Kier alpha value is -1.13. The number of carboxylic acid groups (broad SMARTS) is 1. The van der Waals surface area contributed by atoms with Crippen LogP contribution < -0.4 is 5.32 Å². The maximum absolute atomic E-state index is 11.0. The average molecular weight is 309 g/mol. The molecule has 0 saturated heterocycles. The van der Waals surface area contributed by atoms with Crippen molar-refractivity contribution >= 4 is 17.6 Å². The quantitative estimate of drug-likeness (QED) is 0.896. The molecule has 0 unspecified atom stereocenters. The summed E-state index contributed by atoms with van der Waals surface area (Å²) >= 11 is 5.82. The molecule has 2 aliphatic carbocycles. The van der Waals surface area contributed by atoms with Gasteiger partial charge in [-0.25, -0.2) is 0 Å². The molecule has 1 aromatic rings. The van der Waals surface area contributed by atoms with E-state index in [9.17, 15) is 4.79 Å². The van der Waals surface area contributed by atoms with Crippen LogP contribution in [-0.4, -0.2) is 22.1 Å². The fourth-order valence-electron chi connectivity index (χ4n) is 3.78. The van der Waals surface area contributed by atoms with E-state index in [0.717, 1.165) is 37.9 Å². The average Bonchev–Trinajstić information content (AvgIpc) is 2.45. The number of aliphatic carboxylic acids is 1. The van der Waals surface area contributed by atoms with Gasteiger partial charge in [-0.05, 0) is 56.1 Å². The van der Waals surface area contributed by atoms with E-state index in [0.29, 0.717) is 16.5 Å². The molecule has 3 rings (SSSR count). The van der Waals surface area contributed by atoms with Gasteiger partial charge in [0.25, 0.3) is 0 Å². The Morgan fingerprint density at radius 1 is 1.38 bits per heavy atom. The topological polar surface area (TPSA) is 62.2 Å². The van der Waals surface area contributed by atoms with Gasteiger partial charge >= 0.3 is 5.97 Å². The number of carboxylic acids is 1. The molecule has 5 heteroatoms. The highest BCUT2D eigenvalue weighted by Gasteiger charge is 2.46. The second-order valence-electron chi connectivity index (χ2n) is 6.57. The summed E-state index contributed by atoms with van der Waals surface area (Å²) < 4.78 is 0. The second kappa shape index (κ2) is 5.93. The summed E-state index contributed by atoms with van der Waals surface area (Å²) in [5, 5.41) is 13.3. The van der Waals surface area contributed by atoms with E-state index < -0.39 is 5.97 Å². The first-order chi connectivity index (χ1) is 10.1. The molecular weight excluding hydrogens is 288 g/mol. The van der Waals surface area contributed by atoms with Gasteiger partial charge in [0.15, 0.2) is 0 Å². The summed E-state index contributed by atoms with van der Waals surface area (Å²) in [6.07, 6.45) is 7.86. The van der Waals surface area contributed by atoms with Crippen LogP contribution in [0.3, 0.4) is 0 Å². The highest BCUT2D eigenvalue weighted by Crippen LogP contribution is 2.52. The number of aromatic nitrogens is 1. The minimum atomic E-state index is -0.618. The van der Waals surface area contributed by atoms with Gasteiger partial charge in [0.2, 0.25) is 0 Å². The van der Waals surface area contributed by atoms with Crippen molar-refractivity contribution in [2.24, 2.45) is 11.3 Å². The van der Waals surface area contributed by atoms with Gasteiger partial charge in [-0.15, -0.1) is 0 Å². The lowest BCUT2D eigenvalue weighted by Gasteiger charge is -2.51. The van der Waals surface area contributed by atoms with Gasteiger partial charge in [0.1, 0.15) is 0 Å². The number of hydrogen-bond acceptors (Lipinski definition) is 3. The summed E-state index contributed by atoms with van der Waals surface area (Å²) in [6, 6.07) is 4.35. The zero-order valence-corrected chi connectivity index (χ0v) is 12.8. The summed E-state index contributed by atoms with van der Waals surface area (Å²) in [5.74, 6) is -0.728. The SMILES string of the molecule is O=C(O)C1CCC2(CC1)CC(NCc1ccc(Cl)cn1)C2. The molecule has 114 valence electrons. The van der Waals surface area contributed by atoms with E-state index >= 15 is 0 Å². The molecular formula is C16H21ClN2O2. The molecule has 0 amide bonds. The number of halogens is 1. The summed E-state index contributed by atoms with van der Waals surface area (Å²) in [6.45, 7) is 0.773. The first-order valence-electron chi connectivity index (χ1n) is 7.63. The highest BCUT2D eigenvalue weighted by atomic mass is 35.5. The van der Waals surface area contributed by atoms with Crippen molar-refractivity contribution in [1.82, 2.24) is 10.3 Å². The lowest BCUT2D eigenvalue weighted by atomic mass is 9.57. The first kappa shape index (κ1) is 14.8. The van der Waals surface area contributed by atoms with Crippen LogP contribution in [0.1, 0.15) is 44.2 Å². The largest absolute Gasteiger partial charge is 0.481 e. The zero-order chi connectivity index (χ0) is 14.9. The molecule has 2 saturated carbocycles. The molecule has 2 N–H and O–H groups in total. The zero-order valence-electron chi connectivity index (χ0n) is 12.0. The van der Waals surface area contributed by atoms with E-state index in [4.69, 9.17) is 16.7 Å². The third-order valence-corrected chi connectivity index (χ3v) is 5.34. The third-order valence-electron chi connectivity index (χ3n) is 5.11. The smallest absolute Gasteiger partial charge is 0.306 e. The van der Waals surface area contributed by atoms with Crippen LogP contribution in [0.2, 0.25) is 5.02 Å². The highest BCUT2D eigenvalue weighted by molar-refractivity contribution is 6.30. The predicted octanol–water partition coefficient (Wildman–Crippen LogP) is 3.25. The molecule has 2 fully saturated rings. The van der Waals surface area contributed by atoms with Gasteiger partial charge in [0.05, 0.1) is 16.6 Å². The Morgan fingerprint density at radius 2 is 2.10 bits per heavy atom. The molecule has 1 aromatic heterocycles.